The minimum Gasteiger partial charge on any atom is -0.376 e. The summed E-state index contributed by atoms with van der Waals surface area (Å²) >= 11 is 0. The molecule has 18 heavy (non-hydrogen) atoms. The minimum atomic E-state index is 0.405. The van der Waals surface area contributed by atoms with Gasteiger partial charge in [-0.15, -0.1) is 0 Å². The minimum absolute atomic E-state index is 0.405. The van der Waals surface area contributed by atoms with Crippen LogP contribution in [0.1, 0.15) is 20.3 Å². The van der Waals surface area contributed by atoms with Gasteiger partial charge in [0.25, 0.3) is 0 Å². The summed E-state index contributed by atoms with van der Waals surface area (Å²) in [5, 5.41) is 6.70. The maximum atomic E-state index is 3.38. The second kappa shape index (κ2) is 5.97. The summed E-state index contributed by atoms with van der Waals surface area (Å²) in [5.41, 5.74) is 3.20. The van der Waals surface area contributed by atoms with Gasteiger partial charge >= 0.3 is 0 Å². The van der Waals surface area contributed by atoms with E-state index in [0.29, 0.717) is 6.04 Å². The Kier molecular flexibility index (Phi) is 4.09. The molecule has 1 aliphatic rings. The molecule has 1 aliphatic carbocycles. The van der Waals surface area contributed by atoms with Gasteiger partial charge in [-0.25, -0.2) is 0 Å². The first-order valence-corrected chi connectivity index (χ1v) is 6.22. The van der Waals surface area contributed by atoms with Gasteiger partial charge in [0.15, 0.2) is 0 Å². The number of nitrogens with one attached hydrogen (secondary N) is 2. The molecule has 1 aromatic rings. The molecule has 0 spiro atoms. The largest absolute Gasteiger partial charge is 0.376 e. The average Bonchev–Trinajstić information content (AvgIpc) is 2.56. The topological polar surface area (TPSA) is 24.1 Å². The molecule has 0 saturated carbocycles. The van der Waals surface area contributed by atoms with Crippen molar-refractivity contribution < 1.29 is 0 Å². The predicted molar refractivity (Wildman–Crippen MR) is 76.9 cm³/mol. The molecule has 0 fully saturated rings. The molecule has 92 valence electrons. The molecule has 0 saturated heterocycles. The van der Waals surface area contributed by atoms with E-state index in [1.54, 1.807) is 0 Å². The zero-order valence-electron chi connectivity index (χ0n) is 10.8. The highest BCUT2D eigenvalue weighted by atomic mass is 14.9. The van der Waals surface area contributed by atoms with Crippen LogP contribution in [0.5, 0.6) is 0 Å². The zero-order chi connectivity index (χ0) is 12.8. The number of anilines is 1. The van der Waals surface area contributed by atoms with E-state index < -0.39 is 0 Å². The third kappa shape index (κ3) is 3.71. The average molecular weight is 238 g/mol. The molecule has 0 radical (unpaired) electrons. The van der Waals surface area contributed by atoms with Gasteiger partial charge in [0.05, 0.1) is 5.70 Å². The SMILES string of the molecule is CC(C)NC1=CC=C(Nc2ccccc2)CC#C1. The Labute approximate surface area is 109 Å². The quantitative estimate of drug-likeness (QED) is 0.787. The normalized spacial score (nSPS) is 13.9. The first kappa shape index (κ1) is 12.3. The van der Waals surface area contributed by atoms with Gasteiger partial charge in [-0.3, -0.25) is 0 Å². The van der Waals surface area contributed by atoms with E-state index in [1.165, 1.54) is 0 Å². The summed E-state index contributed by atoms with van der Waals surface area (Å²) in [6, 6.07) is 10.6. The third-order valence-corrected chi connectivity index (χ3v) is 2.48. The van der Waals surface area contributed by atoms with Crippen LogP contribution >= 0.6 is 0 Å². The lowest BCUT2D eigenvalue weighted by Gasteiger charge is -2.08. The Hall–Kier alpha value is -2.14. The van der Waals surface area contributed by atoms with Crippen LogP contribution in [0, 0.1) is 11.8 Å². The highest BCUT2D eigenvalue weighted by Crippen LogP contribution is 2.12. The number of para-hydroxylation sites is 1. The highest BCUT2D eigenvalue weighted by molar-refractivity contribution is 5.50. The fourth-order valence-corrected chi connectivity index (χ4v) is 1.71. The monoisotopic (exact) mass is 238 g/mol. The lowest BCUT2D eigenvalue weighted by atomic mass is 10.2. The maximum absolute atomic E-state index is 3.38. The van der Waals surface area contributed by atoms with Gasteiger partial charge in [0, 0.05) is 23.8 Å². The number of allylic oxidation sites excluding steroid dienone is 4. The number of benzene rings is 1. The maximum Gasteiger partial charge on any atom is 0.0856 e. The van der Waals surface area contributed by atoms with Crippen molar-refractivity contribution in [1.82, 2.24) is 5.32 Å². The van der Waals surface area contributed by atoms with Crippen LogP contribution in [0.4, 0.5) is 5.69 Å². The number of rotatable bonds is 4. The first-order valence-electron chi connectivity index (χ1n) is 6.22. The summed E-state index contributed by atoms with van der Waals surface area (Å²) in [6.45, 7) is 4.22. The van der Waals surface area contributed by atoms with E-state index in [9.17, 15) is 0 Å². The molecule has 0 unspecified atom stereocenters. The van der Waals surface area contributed by atoms with Crippen molar-refractivity contribution in [1.29, 1.82) is 0 Å². The van der Waals surface area contributed by atoms with E-state index in [2.05, 4.69) is 54.5 Å². The number of hydrogen-bond acceptors (Lipinski definition) is 2. The van der Waals surface area contributed by atoms with E-state index in [1.807, 2.05) is 24.3 Å². The fraction of sp³-hybridized carbons (Fsp3) is 0.250. The van der Waals surface area contributed by atoms with Gasteiger partial charge in [0.2, 0.25) is 0 Å². The lowest BCUT2D eigenvalue weighted by Crippen LogP contribution is -2.20. The van der Waals surface area contributed by atoms with Gasteiger partial charge in [-0.2, -0.15) is 0 Å². The molecule has 0 aromatic heterocycles. The molecule has 2 nitrogen and oxygen atoms in total. The van der Waals surface area contributed by atoms with E-state index >= 15 is 0 Å². The molecule has 1 aromatic carbocycles. The van der Waals surface area contributed by atoms with Crippen LogP contribution in [0.3, 0.4) is 0 Å². The van der Waals surface area contributed by atoms with Crippen LogP contribution in [0.25, 0.3) is 0 Å². The van der Waals surface area contributed by atoms with Gasteiger partial charge < -0.3 is 10.6 Å². The van der Waals surface area contributed by atoms with Crippen molar-refractivity contribution in [3.8, 4) is 11.8 Å². The van der Waals surface area contributed by atoms with E-state index in [0.717, 1.165) is 23.5 Å². The third-order valence-electron chi connectivity index (χ3n) is 2.48. The zero-order valence-corrected chi connectivity index (χ0v) is 10.8. The van der Waals surface area contributed by atoms with E-state index in [-0.39, 0.29) is 0 Å². The summed E-state index contributed by atoms with van der Waals surface area (Å²) < 4.78 is 0. The molecule has 0 amide bonds. The highest BCUT2D eigenvalue weighted by Gasteiger charge is 2.00. The van der Waals surface area contributed by atoms with E-state index in [4.69, 9.17) is 0 Å². The second-order valence-electron chi connectivity index (χ2n) is 4.54. The second-order valence-corrected chi connectivity index (χ2v) is 4.54. The summed E-state index contributed by atoms with van der Waals surface area (Å²) in [5.74, 6) is 6.30. The van der Waals surface area contributed by atoms with Crippen LogP contribution in [-0.4, -0.2) is 6.04 Å². The van der Waals surface area contributed by atoms with Crippen molar-refractivity contribution >= 4 is 5.69 Å². The molecular formula is C16H18N2. The molecule has 2 heteroatoms. The number of hydrogen-bond donors (Lipinski definition) is 2. The standard InChI is InChI=1S/C16H18N2/c1-13(2)17-15-9-6-10-16(12-11-15)18-14-7-4-3-5-8-14/h3-5,7-8,11-13,17-18H,10H2,1-2H3. The molecule has 0 heterocycles. The van der Waals surface area contributed by atoms with Gasteiger partial charge in [-0.05, 0) is 44.1 Å². The fourth-order valence-electron chi connectivity index (χ4n) is 1.71. The predicted octanol–water partition coefficient (Wildman–Crippen LogP) is 3.27. The Morgan fingerprint density at radius 2 is 1.89 bits per heavy atom. The van der Waals surface area contributed by atoms with Crippen LogP contribution in [-0.2, 0) is 0 Å². The van der Waals surface area contributed by atoms with Crippen LogP contribution < -0.4 is 10.6 Å². The summed E-state index contributed by atoms with van der Waals surface area (Å²) in [4.78, 5) is 0. The first-order chi connectivity index (χ1) is 8.74. The van der Waals surface area contributed by atoms with Crippen molar-refractivity contribution in [2.75, 3.05) is 5.32 Å². The van der Waals surface area contributed by atoms with Crippen LogP contribution in [0.2, 0.25) is 0 Å². The van der Waals surface area contributed by atoms with Crippen LogP contribution in [0.15, 0.2) is 53.9 Å². The van der Waals surface area contributed by atoms with Crippen molar-refractivity contribution in [2.45, 2.75) is 26.3 Å². The molecular weight excluding hydrogens is 220 g/mol. The lowest BCUT2D eigenvalue weighted by molar-refractivity contribution is 0.685. The molecule has 0 aliphatic heterocycles. The Balaban J connectivity index is 2.06. The summed E-state index contributed by atoms with van der Waals surface area (Å²) in [7, 11) is 0. The molecule has 2 N–H and O–H groups in total. The molecule has 0 bridgehead atoms. The molecule has 2 rings (SSSR count). The Morgan fingerprint density at radius 3 is 2.61 bits per heavy atom. The van der Waals surface area contributed by atoms with Gasteiger partial charge in [0.1, 0.15) is 0 Å². The van der Waals surface area contributed by atoms with Crippen molar-refractivity contribution in [2.24, 2.45) is 0 Å². The summed E-state index contributed by atoms with van der Waals surface area (Å²) in [6.07, 6.45) is 4.85. The van der Waals surface area contributed by atoms with Gasteiger partial charge in [-0.1, -0.05) is 24.1 Å². The Morgan fingerprint density at radius 1 is 1.11 bits per heavy atom. The molecule has 0 atom stereocenters. The van der Waals surface area contributed by atoms with Crippen molar-refractivity contribution in [3.05, 3.63) is 53.9 Å². The smallest absolute Gasteiger partial charge is 0.0856 e. The van der Waals surface area contributed by atoms with Crippen molar-refractivity contribution in [3.63, 3.8) is 0 Å². The Bertz CT molecular complexity index is 513.